The minimum atomic E-state index is 0.0746. The molecule has 3 heteroatoms. The zero-order valence-electron chi connectivity index (χ0n) is 11.4. The normalized spacial score (nSPS) is 15.4. The highest BCUT2D eigenvalue weighted by Crippen LogP contribution is 2.36. The molecule has 1 aliphatic rings. The second-order valence-corrected chi connectivity index (χ2v) is 5.36. The zero-order chi connectivity index (χ0) is 13.2. The summed E-state index contributed by atoms with van der Waals surface area (Å²) in [7, 11) is 0. The van der Waals surface area contributed by atoms with Gasteiger partial charge in [-0.3, -0.25) is 9.13 Å². The summed E-state index contributed by atoms with van der Waals surface area (Å²) < 4.78 is 3.49. The van der Waals surface area contributed by atoms with Crippen LogP contribution < -0.4 is 5.69 Å². The van der Waals surface area contributed by atoms with Gasteiger partial charge in [0.2, 0.25) is 0 Å². The first-order chi connectivity index (χ1) is 9.28. The van der Waals surface area contributed by atoms with Gasteiger partial charge in [-0.15, -0.1) is 0 Å². The second-order valence-electron chi connectivity index (χ2n) is 5.36. The van der Waals surface area contributed by atoms with Gasteiger partial charge in [0.1, 0.15) is 0 Å². The smallest absolute Gasteiger partial charge is 0.300 e. The van der Waals surface area contributed by atoms with Crippen molar-refractivity contribution in [3.8, 4) is 0 Å². The molecule has 19 heavy (non-hydrogen) atoms. The minimum absolute atomic E-state index is 0.0746. The summed E-state index contributed by atoms with van der Waals surface area (Å²) in [5, 5.41) is 0. The van der Waals surface area contributed by atoms with Crippen molar-refractivity contribution < 1.29 is 0 Å². The average Bonchev–Trinajstić information content (AvgIpc) is 2.71. The van der Waals surface area contributed by atoms with Crippen LogP contribution in [0.2, 0.25) is 0 Å². The van der Waals surface area contributed by atoms with E-state index in [9.17, 15) is 4.79 Å². The van der Waals surface area contributed by atoms with E-state index in [0.29, 0.717) is 6.54 Å². The van der Waals surface area contributed by atoms with Gasteiger partial charge in [0.15, 0.2) is 0 Å². The lowest BCUT2D eigenvalue weighted by Crippen LogP contribution is -2.23. The van der Waals surface area contributed by atoms with Crippen LogP contribution in [-0.2, 0) is 13.1 Å². The topological polar surface area (TPSA) is 26.9 Å². The third-order valence-electron chi connectivity index (χ3n) is 4.17. The van der Waals surface area contributed by atoms with Gasteiger partial charge in [-0.05, 0) is 36.8 Å². The summed E-state index contributed by atoms with van der Waals surface area (Å²) >= 11 is 0. The molecule has 1 fully saturated rings. The van der Waals surface area contributed by atoms with Crippen molar-refractivity contribution >= 4 is 0 Å². The predicted molar refractivity (Wildman–Crippen MR) is 76.5 cm³/mol. The molecule has 0 N–H and O–H groups in total. The van der Waals surface area contributed by atoms with Crippen molar-refractivity contribution in [1.29, 1.82) is 0 Å². The molecule has 3 nitrogen and oxygen atoms in total. The number of aryl methyl sites for hydroxylation is 1. The molecule has 1 aliphatic carbocycles. The maximum atomic E-state index is 12.0. The highest BCUT2D eigenvalue weighted by molar-refractivity contribution is 5.26. The van der Waals surface area contributed by atoms with Crippen molar-refractivity contribution in [1.82, 2.24) is 9.13 Å². The molecule has 3 rings (SSSR count). The first kappa shape index (κ1) is 12.3. The van der Waals surface area contributed by atoms with Crippen molar-refractivity contribution in [2.45, 2.75) is 45.2 Å². The summed E-state index contributed by atoms with van der Waals surface area (Å²) in [6.07, 6.45) is 7.75. The van der Waals surface area contributed by atoms with E-state index in [2.05, 4.69) is 24.3 Å². The molecule has 0 saturated heterocycles. The Hall–Kier alpha value is -1.77. The van der Waals surface area contributed by atoms with Gasteiger partial charge in [-0.25, -0.2) is 4.79 Å². The molecule has 0 amide bonds. The van der Waals surface area contributed by atoms with Gasteiger partial charge in [0.25, 0.3) is 0 Å². The number of benzene rings is 1. The Kier molecular flexibility index (Phi) is 3.28. The molecule has 0 atom stereocenters. The van der Waals surface area contributed by atoms with E-state index >= 15 is 0 Å². The van der Waals surface area contributed by atoms with Crippen molar-refractivity contribution in [3.63, 3.8) is 0 Å². The van der Waals surface area contributed by atoms with Crippen LogP contribution in [0, 0.1) is 0 Å². The van der Waals surface area contributed by atoms with E-state index in [1.807, 2.05) is 19.3 Å². The first-order valence-corrected chi connectivity index (χ1v) is 7.12. The van der Waals surface area contributed by atoms with Gasteiger partial charge in [-0.2, -0.15) is 0 Å². The molecule has 1 heterocycles. The van der Waals surface area contributed by atoms with E-state index in [-0.39, 0.29) is 5.69 Å². The maximum Gasteiger partial charge on any atom is 0.328 e. The molecule has 1 aromatic carbocycles. The SMILES string of the molecule is CCn1ccn(Cc2ccc(C3CCC3)cc2)c1=O. The summed E-state index contributed by atoms with van der Waals surface area (Å²) in [5.74, 6) is 0.776. The van der Waals surface area contributed by atoms with Crippen LogP contribution in [-0.4, -0.2) is 9.13 Å². The molecule has 2 aromatic rings. The van der Waals surface area contributed by atoms with Crippen LogP contribution in [0.1, 0.15) is 43.2 Å². The van der Waals surface area contributed by atoms with Crippen molar-refractivity contribution in [3.05, 3.63) is 58.3 Å². The molecule has 0 aliphatic heterocycles. The van der Waals surface area contributed by atoms with E-state index in [4.69, 9.17) is 0 Å². The third kappa shape index (κ3) is 2.37. The number of aromatic nitrogens is 2. The van der Waals surface area contributed by atoms with E-state index < -0.39 is 0 Å². The Balaban J connectivity index is 1.75. The van der Waals surface area contributed by atoms with Gasteiger partial charge in [0, 0.05) is 18.9 Å². The van der Waals surface area contributed by atoms with Crippen LogP contribution in [0.3, 0.4) is 0 Å². The Bertz CT molecular complexity index is 602. The number of imidazole rings is 1. The fraction of sp³-hybridized carbons (Fsp3) is 0.438. The standard InChI is InChI=1S/C16H20N2O/c1-2-17-10-11-18(16(17)19)12-13-6-8-15(9-7-13)14-4-3-5-14/h6-11,14H,2-5,12H2,1H3. The van der Waals surface area contributed by atoms with Crippen LogP contribution in [0.25, 0.3) is 0 Å². The lowest BCUT2D eigenvalue weighted by molar-refractivity contribution is 0.419. The maximum absolute atomic E-state index is 12.0. The van der Waals surface area contributed by atoms with Gasteiger partial charge >= 0.3 is 5.69 Å². The lowest BCUT2D eigenvalue weighted by Gasteiger charge is -2.25. The summed E-state index contributed by atoms with van der Waals surface area (Å²) in [4.78, 5) is 12.0. The molecule has 0 unspecified atom stereocenters. The fourth-order valence-electron chi connectivity index (χ4n) is 2.65. The number of hydrogen-bond acceptors (Lipinski definition) is 1. The molecule has 1 saturated carbocycles. The average molecular weight is 256 g/mol. The summed E-state index contributed by atoms with van der Waals surface area (Å²) in [6, 6.07) is 8.76. The van der Waals surface area contributed by atoms with Gasteiger partial charge < -0.3 is 0 Å². The summed E-state index contributed by atoms with van der Waals surface area (Å²) in [5.41, 5.74) is 2.72. The fourth-order valence-corrected chi connectivity index (χ4v) is 2.65. The Labute approximate surface area is 113 Å². The number of rotatable bonds is 4. The highest BCUT2D eigenvalue weighted by atomic mass is 16.1. The van der Waals surface area contributed by atoms with E-state index in [1.54, 1.807) is 9.13 Å². The molecular weight excluding hydrogens is 236 g/mol. The highest BCUT2D eigenvalue weighted by Gasteiger charge is 2.18. The molecule has 100 valence electrons. The molecule has 0 radical (unpaired) electrons. The molecule has 0 spiro atoms. The predicted octanol–water partition coefficient (Wildman–Crippen LogP) is 2.99. The molecular formula is C16H20N2O. The van der Waals surface area contributed by atoms with E-state index in [0.717, 1.165) is 12.5 Å². The van der Waals surface area contributed by atoms with Crippen LogP contribution in [0.5, 0.6) is 0 Å². The quantitative estimate of drug-likeness (QED) is 0.826. The van der Waals surface area contributed by atoms with Gasteiger partial charge in [-0.1, -0.05) is 30.7 Å². The van der Waals surface area contributed by atoms with E-state index in [1.165, 1.54) is 30.4 Å². The molecule has 0 bridgehead atoms. The Morgan fingerprint density at radius 2 is 1.79 bits per heavy atom. The van der Waals surface area contributed by atoms with Crippen LogP contribution in [0.15, 0.2) is 41.5 Å². The first-order valence-electron chi connectivity index (χ1n) is 7.12. The van der Waals surface area contributed by atoms with Gasteiger partial charge in [0.05, 0.1) is 6.54 Å². The monoisotopic (exact) mass is 256 g/mol. The van der Waals surface area contributed by atoms with Crippen molar-refractivity contribution in [2.75, 3.05) is 0 Å². The Morgan fingerprint density at radius 1 is 1.11 bits per heavy atom. The van der Waals surface area contributed by atoms with Crippen LogP contribution in [0.4, 0.5) is 0 Å². The second kappa shape index (κ2) is 5.08. The lowest BCUT2D eigenvalue weighted by atomic mass is 9.80. The number of hydrogen-bond donors (Lipinski definition) is 0. The largest absolute Gasteiger partial charge is 0.328 e. The Morgan fingerprint density at radius 3 is 2.32 bits per heavy atom. The van der Waals surface area contributed by atoms with Crippen molar-refractivity contribution in [2.24, 2.45) is 0 Å². The minimum Gasteiger partial charge on any atom is -0.300 e. The number of nitrogens with zero attached hydrogens (tertiary/aromatic N) is 2. The van der Waals surface area contributed by atoms with Crippen LogP contribution >= 0.6 is 0 Å². The summed E-state index contributed by atoms with van der Waals surface area (Å²) in [6.45, 7) is 3.38. The zero-order valence-corrected chi connectivity index (χ0v) is 11.4. The molecule has 1 aromatic heterocycles. The third-order valence-corrected chi connectivity index (χ3v) is 4.17.